The van der Waals surface area contributed by atoms with Crippen LogP contribution in [0.2, 0.25) is 0 Å². The first-order valence-electron chi connectivity index (χ1n) is 5.55. The second kappa shape index (κ2) is 4.65. The number of benzene rings is 1. The molecule has 0 heterocycles. The summed E-state index contributed by atoms with van der Waals surface area (Å²) in [6.45, 7) is 7.08. The maximum atomic E-state index is 11.1. The van der Waals surface area contributed by atoms with Crippen LogP contribution in [-0.4, -0.2) is 24.7 Å². The highest BCUT2D eigenvalue weighted by Gasteiger charge is 2.18. The fourth-order valence-corrected chi connectivity index (χ4v) is 1.84. The highest BCUT2D eigenvalue weighted by Crippen LogP contribution is 2.26. The molecular weight excluding hydrogens is 216 g/mol. The predicted octanol–water partition coefficient (Wildman–Crippen LogP) is 2.45. The molecule has 0 aliphatic rings. The minimum Gasteiger partial charge on any atom is -0.478 e. The number of anilines is 2. The first kappa shape index (κ1) is 13.4. The normalized spacial score (nSPS) is 11.3. The molecule has 17 heavy (non-hydrogen) atoms. The van der Waals surface area contributed by atoms with Crippen LogP contribution in [-0.2, 0) is 0 Å². The number of nitrogens with zero attached hydrogens (tertiary/aromatic N) is 1. The van der Waals surface area contributed by atoms with Crippen molar-refractivity contribution in [3.63, 3.8) is 0 Å². The lowest BCUT2D eigenvalue weighted by atomic mass is 9.95. The van der Waals surface area contributed by atoms with Crippen LogP contribution in [0.1, 0.15) is 31.1 Å². The van der Waals surface area contributed by atoms with E-state index in [2.05, 4.69) is 20.8 Å². The van der Waals surface area contributed by atoms with Gasteiger partial charge < -0.3 is 15.7 Å². The van der Waals surface area contributed by atoms with E-state index in [9.17, 15) is 4.79 Å². The van der Waals surface area contributed by atoms with Crippen molar-refractivity contribution in [3.05, 3.63) is 23.8 Å². The Morgan fingerprint density at radius 2 is 2.00 bits per heavy atom. The van der Waals surface area contributed by atoms with Gasteiger partial charge in [0.05, 0.1) is 11.3 Å². The minimum absolute atomic E-state index is 0.0924. The Bertz CT molecular complexity index is 422. The lowest BCUT2D eigenvalue weighted by molar-refractivity contribution is 0.0697. The van der Waals surface area contributed by atoms with Crippen LogP contribution in [0.25, 0.3) is 0 Å². The van der Waals surface area contributed by atoms with Crippen molar-refractivity contribution < 1.29 is 9.90 Å². The largest absolute Gasteiger partial charge is 0.478 e. The van der Waals surface area contributed by atoms with Crippen LogP contribution in [0.15, 0.2) is 18.2 Å². The molecule has 3 N–H and O–H groups in total. The van der Waals surface area contributed by atoms with Crippen LogP contribution in [0.3, 0.4) is 0 Å². The average Bonchev–Trinajstić information content (AvgIpc) is 2.14. The molecule has 0 spiro atoms. The molecule has 0 bridgehead atoms. The monoisotopic (exact) mass is 236 g/mol. The van der Waals surface area contributed by atoms with Crippen LogP contribution < -0.4 is 10.6 Å². The smallest absolute Gasteiger partial charge is 0.337 e. The SMILES string of the molecule is CN(CC(C)(C)C)c1cc(N)ccc1C(=O)O. The first-order valence-corrected chi connectivity index (χ1v) is 5.55. The van der Waals surface area contributed by atoms with Crippen molar-refractivity contribution in [2.75, 3.05) is 24.2 Å². The van der Waals surface area contributed by atoms with E-state index in [-0.39, 0.29) is 11.0 Å². The molecule has 94 valence electrons. The molecule has 0 radical (unpaired) electrons. The van der Waals surface area contributed by atoms with Gasteiger partial charge in [-0.3, -0.25) is 0 Å². The molecule has 1 aromatic carbocycles. The van der Waals surface area contributed by atoms with E-state index in [1.165, 1.54) is 0 Å². The Kier molecular flexibility index (Phi) is 3.66. The number of nitrogens with two attached hydrogens (primary N) is 1. The topological polar surface area (TPSA) is 66.6 Å². The van der Waals surface area contributed by atoms with Gasteiger partial charge in [0, 0.05) is 19.3 Å². The number of aromatic carboxylic acids is 1. The van der Waals surface area contributed by atoms with Gasteiger partial charge in [0.1, 0.15) is 0 Å². The summed E-state index contributed by atoms with van der Waals surface area (Å²) in [5.74, 6) is -0.930. The number of carboxylic acids is 1. The molecule has 0 fully saturated rings. The highest BCUT2D eigenvalue weighted by atomic mass is 16.4. The van der Waals surface area contributed by atoms with E-state index >= 15 is 0 Å². The second-order valence-electron chi connectivity index (χ2n) is 5.50. The van der Waals surface area contributed by atoms with Gasteiger partial charge in [0.15, 0.2) is 0 Å². The quantitative estimate of drug-likeness (QED) is 0.791. The van der Waals surface area contributed by atoms with Crippen molar-refractivity contribution in [1.82, 2.24) is 0 Å². The molecular formula is C13H20N2O2. The number of hydrogen-bond donors (Lipinski definition) is 2. The van der Waals surface area contributed by atoms with E-state index in [4.69, 9.17) is 10.8 Å². The standard InChI is InChI=1S/C13H20N2O2/c1-13(2,3)8-15(4)11-7-9(14)5-6-10(11)12(16)17/h5-7H,8,14H2,1-4H3,(H,16,17). The third kappa shape index (κ3) is 3.66. The van der Waals surface area contributed by atoms with Gasteiger partial charge in [-0.2, -0.15) is 0 Å². The zero-order valence-electron chi connectivity index (χ0n) is 10.8. The third-order valence-corrected chi connectivity index (χ3v) is 2.37. The molecule has 1 rings (SSSR count). The predicted molar refractivity (Wildman–Crippen MR) is 70.5 cm³/mol. The summed E-state index contributed by atoms with van der Waals surface area (Å²) in [6.07, 6.45) is 0. The number of carbonyl (C=O) groups is 1. The Balaban J connectivity index is 3.10. The molecule has 4 nitrogen and oxygen atoms in total. The summed E-state index contributed by atoms with van der Waals surface area (Å²) < 4.78 is 0. The maximum absolute atomic E-state index is 11.1. The van der Waals surface area contributed by atoms with E-state index in [1.54, 1.807) is 18.2 Å². The Hall–Kier alpha value is -1.71. The minimum atomic E-state index is -0.930. The molecule has 0 amide bonds. The van der Waals surface area contributed by atoms with Crippen molar-refractivity contribution in [2.24, 2.45) is 5.41 Å². The zero-order valence-corrected chi connectivity index (χ0v) is 10.8. The van der Waals surface area contributed by atoms with Gasteiger partial charge in [-0.25, -0.2) is 4.79 Å². The lowest BCUT2D eigenvalue weighted by Gasteiger charge is -2.29. The number of carboxylic acid groups (broad SMARTS) is 1. The van der Waals surface area contributed by atoms with Gasteiger partial charge in [0.2, 0.25) is 0 Å². The molecule has 0 aliphatic carbocycles. The van der Waals surface area contributed by atoms with E-state index < -0.39 is 5.97 Å². The second-order valence-corrected chi connectivity index (χ2v) is 5.50. The summed E-state index contributed by atoms with van der Waals surface area (Å²) in [5.41, 5.74) is 7.32. The number of rotatable bonds is 3. The maximum Gasteiger partial charge on any atom is 0.337 e. The molecule has 0 atom stereocenters. The van der Waals surface area contributed by atoms with E-state index in [0.717, 1.165) is 6.54 Å². The number of nitrogen functional groups attached to an aromatic ring is 1. The van der Waals surface area contributed by atoms with Gasteiger partial charge >= 0.3 is 5.97 Å². The van der Waals surface area contributed by atoms with E-state index in [1.807, 2.05) is 11.9 Å². The zero-order chi connectivity index (χ0) is 13.2. The first-order chi connectivity index (χ1) is 7.70. The molecule has 1 aromatic rings. The Morgan fingerprint density at radius 1 is 1.41 bits per heavy atom. The lowest BCUT2D eigenvalue weighted by Crippen LogP contribution is -2.30. The summed E-state index contributed by atoms with van der Waals surface area (Å²) in [6, 6.07) is 4.86. The molecule has 0 aromatic heterocycles. The average molecular weight is 236 g/mol. The van der Waals surface area contributed by atoms with Crippen molar-refractivity contribution in [3.8, 4) is 0 Å². The molecule has 0 saturated heterocycles. The number of hydrogen-bond acceptors (Lipinski definition) is 3. The fraction of sp³-hybridized carbons (Fsp3) is 0.462. The van der Waals surface area contributed by atoms with Crippen LogP contribution >= 0.6 is 0 Å². The summed E-state index contributed by atoms with van der Waals surface area (Å²) in [5, 5.41) is 9.14. The Morgan fingerprint density at radius 3 is 2.47 bits per heavy atom. The van der Waals surface area contributed by atoms with Crippen LogP contribution in [0, 0.1) is 5.41 Å². The molecule has 0 aliphatic heterocycles. The van der Waals surface area contributed by atoms with Crippen molar-refractivity contribution >= 4 is 17.3 Å². The van der Waals surface area contributed by atoms with Crippen molar-refractivity contribution in [2.45, 2.75) is 20.8 Å². The molecule has 4 heteroatoms. The van der Waals surface area contributed by atoms with Gasteiger partial charge in [-0.05, 0) is 23.6 Å². The van der Waals surface area contributed by atoms with Gasteiger partial charge in [0.25, 0.3) is 0 Å². The Labute approximate surface area is 102 Å². The van der Waals surface area contributed by atoms with E-state index in [0.29, 0.717) is 11.4 Å². The van der Waals surface area contributed by atoms with Gasteiger partial charge in [-0.1, -0.05) is 20.8 Å². The van der Waals surface area contributed by atoms with Crippen molar-refractivity contribution in [1.29, 1.82) is 0 Å². The van der Waals surface area contributed by atoms with Crippen LogP contribution in [0.4, 0.5) is 11.4 Å². The highest BCUT2D eigenvalue weighted by molar-refractivity contribution is 5.95. The molecule has 0 unspecified atom stereocenters. The summed E-state index contributed by atoms with van der Waals surface area (Å²) >= 11 is 0. The van der Waals surface area contributed by atoms with Crippen LogP contribution in [0.5, 0.6) is 0 Å². The summed E-state index contributed by atoms with van der Waals surface area (Å²) in [7, 11) is 1.88. The summed E-state index contributed by atoms with van der Waals surface area (Å²) in [4.78, 5) is 13.1. The van der Waals surface area contributed by atoms with Gasteiger partial charge in [-0.15, -0.1) is 0 Å². The third-order valence-electron chi connectivity index (χ3n) is 2.37. The fourth-order valence-electron chi connectivity index (χ4n) is 1.84. The molecule has 0 saturated carbocycles.